The first-order valence-electron chi connectivity index (χ1n) is 25.9. The van der Waals surface area contributed by atoms with Crippen molar-refractivity contribution < 1.29 is 42.7 Å². The lowest BCUT2D eigenvalue weighted by Gasteiger charge is -2.20. The molecule has 0 aliphatic rings. The van der Waals surface area contributed by atoms with Gasteiger partial charge in [0.15, 0.2) is 0 Å². The van der Waals surface area contributed by atoms with Gasteiger partial charge in [-0.3, -0.25) is 18.6 Å². The second-order valence-electron chi connectivity index (χ2n) is 16.9. The zero-order valence-corrected chi connectivity index (χ0v) is 42.8. The number of carboxylic acids is 1. The van der Waals surface area contributed by atoms with Crippen LogP contribution in [0.25, 0.3) is 0 Å². The zero-order valence-electron chi connectivity index (χ0n) is 42.0. The Morgan fingerprint density at radius 1 is 0.478 bits per heavy atom. The molecule has 0 aliphatic carbocycles. The number of carbonyl (C=O) groups is 2. The van der Waals surface area contributed by atoms with E-state index in [0.717, 1.165) is 109 Å². The molecular formula is C56H94NO9P. The van der Waals surface area contributed by atoms with Crippen LogP contribution in [-0.4, -0.2) is 60.5 Å². The summed E-state index contributed by atoms with van der Waals surface area (Å²) >= 11 is 0. The Labute approximate surface area is 408 Å². The Bertz CT molecular complexity index is 1480. The minimum absolute atomic E-state index is 0.000908. The van der Waals surface area contributed by atoms with Crippen molar-refractivity contribution in [3.05, 3.63) is 109 Å². The minimum Gasteiger partial charge on any atom is -0.480 e. The third kappa shape index (κ3) is 50.3. The first kappa shape index (κ1) is 63.6. The van der Waals surface area contributed by atoms with Crippen LogP contribution in [0.4, 0.5) is 0 Å². The van der Waals surface area contributed by atoms with Gasteiger partial charge in [-0.25, -0.2) is 4.57 Å². The molecule has 0 fully saturated rings. The summed E-state index contributed by atoms with van der Waals surface area (Å²) in [6.07, 6.45) is 68.5. The van der Waals surface area contributed by atoms with Crippen LogP contribution in [0.3, 0.4) is 0 Å². The molecule has 0 bridgehead atoms. The van der Waals surface area contributed by atoms with E-state index in [4.69, 9.17) is 29.4 Å². The number of phosphoric ester groups is 1. The summed E-state index contributed by atoms with van der Waals surface area (Å²) in [5.74, 6) is -1.80. The summed E-state index contributed by atoms with van der Waals surface area (Å²) in [5.41, 5.74) is 5.38. The number of nitrogens with two attached hydrogens (primary N) is 1. The van der Waals surface area contributed by atoms with E-state index in [-0.39, 0.29) is 13.0 Å². The van der Waals surface area contributed by atoms with Crippen LogP contribution in [0.5, 0.6) is 0 Å². The third-order valence-corrected chi connectivity index (χ3v) is 11.5. The van der Waals surface area contributed by atoms with Gasteiger partial charge in [-0.2, -0.15) is 0 Å². The van der Waals surface area contributed by atoms with Crippen LogP contribution in [0, 0.1) is 0 Å². The lowest BCUT2D eigenvalue weighted by atomic mass is 10.1. The quantitative estimate of drug-likeness (QED) is 0.0232. The minimum atomic E-state index is -4.64. The maximum absolute atomic E-state index is 12.7. The van der Waals surface area contributed by atoms with Crippen LogP contribution in [0.15, 0.2) is 109 Å². The summed E-state index contributed by atoms with van der Waals surface area (Å²) in [5, 5.41) is 8.94. The fourth-order valence-electron chi connectivity index (χ4n) is 6.62. The molecule has 3 atom stereocenters. The number of carboxylic acid groups (broad SMARTS) is 1. The maximum atomic E-state index is 12.7. The van der Waals surface area contributed by atoms with E-state index >= 15 is 0 Å². The molecule has 0 aliphatic heterocycles. The van der Waals surface area contributed by atoms with Gasteiger partial charge in [0.2, 0.25) is 0 Å². The van der Waals surface area contributed by atoms with Crippen LogP contribution in [0.2, 0.25) is 0 Å². The number of hydrogen-bond donors (Lipinski definition) is 3. The van der Waals surface area contributed by atoms with Gasteiger partial charge in [0.05, 0.1) is 19.8 Å². The second kappa shape index (κ2) is 50.5. The number of ether oxygens (including phenoxy) is 2. The van der Waals surface area contributed by atoms with Crippen molar-refractivity contribution in [3.63, 3.8) is 0 Å². The molecule has 0 amide bonds. The number of carbonyl (C=O) groups excluding carboxylic acids is 1. The monoisotopic (exact) mass is 956 g/mol. The van der Waals surface area contributed by atoms with E-state index in [9.17, 15) is 19.0 Å². The third-order valence-electron chi connectivity index (χ3n) is 10.5. The van der Waals surface area contributed by atoms with E-state index in [0.29, 0.717) is 13.0 Å². The van der Waals surface area contributed by atoms with Crippen LogP contribution in [-0.2, 0) is 32.7 Å². The lowest BCUT2D eigenvalue weighted by molar-refractivity contribution is -0.154. The van der Waals surface area contributed by atoms with Gasteiger partial charge in [-0.15, -0.1) is 0 Å². The highest BCUT2D eigenvalue weighted by atomic mass is 31.2. The van der Waals surface area contributed by atoms with Crippen molar-refractivity contribution in [2.45, 2.75) is 206 Å². The first-order valence-corrected chi connectivity index (χ1v) is 27.4. The Morgan fingerprint density at radius 3 is 1.22 bits per heavy atom. The van der Waals surface area contributed by atoms with Gasteiger partial charge in [0.25, 0.3) is 0 Å². The molecule has 0 rings (SSSR count). The highest BCUT2D eigenvalue weighted by molar-refractivity contribution is 7.47. The SMILES string of the molecule is CC/C=C\C/C=C\C/C=C\C/C=C\C/C=C\CCCCCCCCCC(=O)OC(COCCCCCCCCCCC/C=C\C/C=C\C/C=C\C/C=C\CC)COP(=O)(O)OCC(N)C(=O)O. The largest absolute Gasteiger partial charge is 0.480 e. The number of allylic oxidation sites excluding steroid dienone is 18. The average molecular weight is 956 g/mol. The fourth-order valence-corrected chi connectivity index (χ4v) is 7.40. The van der Waals surface area contributed by atoms with Gasteiger partial charge in [-0.1, -0.05) is 200 Å². The Hall–Kier alpha value is -3.37. The van der Waals surface area contributed by atoms with E-state index < -0.39 is 45.1 Å². The molecule has 0 saturated carbocycles. The van der Waals surface area contributed by atoms with Crippen LogP contribution < -0.4 is 5.73 Å². The predicted molar refractivity (Wildman–Crippen MR) is 281 cm³/mol. The van der Waals surface area contributed by atoms with Crippen molar-refractivity contribution in [3.8, 4) is 0 Å². The average Bonchev–Trinajstić information content (AvgIpc) is 3.31. The van der Waals surface area contributed by atoms with E-state index in [1.807, 2.05) is 0 Å². The highest BCUT2D eigenvalue weighted by Gasteiger charge is 2.27. The Balaban J connectivity index is 4.20. The van der Waals surface area contributed by atoms with Crippen LogP contribution in [0.1, 0.15) is 194 Å². The summed E-state index contributed by atoms with van der Waals surface area (Å²) in [6, 6.07) is -1.48. The maximum Gasteiger partial charge on any atom is 0.472 e. The van der Waals surface area contributed by atoms with E-state index in [2.05, 4.69) is 123 Å². The number of esters is 1. The molecule has 0 aromatic heterocycles. The van der Waals surface area contributed by atoms with Crippen molar-refractivity contribution in [1.29, 1.82) is 0 Å². The molecule has 0 heterocycles. The molecule has 3 unspecified atom stereocenters. The number of aliphatic carboxylic acids is 1. The standard InChI is InChI=1S/C56H94NO9P/c1-3-5-7-9-11-13-15-17-19-21-23-25-27-28-30-32-34-36-38-40-42-44-46-48-55(58)66-53(51-64-67(61,62)65-52-54(57)56(59)60)50-63-49-47-45-43-41-39-37-35-33-31-29-26-24-22-20-18-16-14-12-10-8-6-4-2/h5-8,11-14,17-20,23-26,28,30,53-54H,3-4,9-10,15-16,21-22,27,29,31-52,57H2,1-2H3,(H,59,60)(H,61,62)/b7-5-,8-6-,13-11-,14-12-,19-17-,20-18-,25-23-,26-24-,30-28-. The zero-order chi connectivity index (χ0) is 49.0. The van der Waals surface area contributed by atoms with E-state index in [1.54, 1.807) is 0 Å². The molecule has 0 aromatic rings. The second-order valence-corrected chi connectivity index (χ2v) is 18.3. The van der Waals surface area contributed by atoms with Crippen molar-refractivity contribution in [2.75, 3.05) is 26.4 Å². The summed E-state index contributed by atoms with van der Waals surface area (Å²) in [7, 11) is -4.64. The smallest absolute Gasteiger partial charge is 0.472 e. The van der Waals surface area contributed by atoms with Crippen LogP contribution >= 0.6 is 7.82 Å². The molecular weight excluding hydrogens is 862 g/mol. The van der Waals surface area contributed by atoms with Gasteiger partial charge in [0, 0.05) is 13.0 Å². The molecule has 0 saturated heterocycles. The van der Waals surface area contributed by atoms with Crippen molar-refractivity contribution in [2.24, 2.45) is 5.73 Å². The number of hydrogen-bond acceptors (Lipinski definition) is 8. The molecule has 382 valence electrons. The summed E-state index contributed by atoms with van der Waals surface area (Å²) in [6.45, 7) is 3.62. The topological polar surface area (TPSA) is 155 Å². The van der Waals surface area contributed by atoms with E-state index in [1.165, 1.54) is 57.8 Å². The highest BCUT2D eigenvalue weighted by Crippen LogP contribution is 2.43. The first-order chi connectivity index (χ1) is 32.7. The molecule has 0 aromatic carbocycles. The molecule has 4 N–H and O–H groups in total. The molecule has 0 radical (unpaired) electrons. The Kier molecular flexibility index (Phi) is 48.0. The molecule has 10 nitrogen and oxygen atoms in total. The normalized spacial score (nSPS) is 14.6. The summed E-state index contributed by atoms with van der Waals surface area (Å²) in [4.78, 5) is 33.7. The van der Waals surface area contributed by atoms with Gasteiger partial charge in [-0.05, 0) is 96.3 Å². The van der Waals surface area contributed by atoms with Crippen molar-refractivity contribution in [1.82, 2.24) is 0 Å². The van der Waals surface area contributed by atoms with Gasteiger partial charge < -0.3 is 25.2 Å². The molecule has 67 heavy (non-hydrogen) atoms. The predicted octanol–water partition coefficient (Wildman–Crippen LogP) is 15.4. The number of unbranched alkanes of at least 4 members (excludes halogenated alkanes) is 16. The Morgan fingerprint density at radius 2 is 0.821 bits per heavy atom. The van der Waals surface area contributed by atoms with Crippen molar-refractivity contribution >= 4 is 19.8 Å². The molecule has 0 spiro atoms. The molecule has 11 heteroatoms. The van der Waals surface area contributed by atoms with Gasteiger partial charge >= 0.3 is 19.8 Å². The lowest BCUT2D eigenvalue weighted by Crippen LogP contribution is -2.34. The number of phosphoric acid groups is 1. The number of rotatable bonds is 48. The van der Waals surface area contributed by atoms with Gasteiger partial charge in [0.1, 0.15) is 12.1 Å². The fraction of sp³-hybridized carbons (Fsp3) is 0.643. The summed E-state index contributed by atoms with van der Waals surface area (Å²) < 4.78 is 33.5.